The van der Waals surface area contributed by atoms with Crippen LogP contribution in [0.2, 0.25) is 0 Å². The lowest BCUT2D eigenvalue weighted by Gasteiger charge is -2.38. The van der Waals surface area contributed by atoms with Crippen LogP contribution in [-0.4, -0.2) is 55.3 Å². The van der Waals surface area contributed by atoms with Crippen LogP contribution in [0, 0.1) is 0 Å². The number of aliphatic hydroxyl groups is 1. The molecule has 9 heteroatoms. The third kappa shape index (κ3) is 4.37. The summed E-state index contributed by atoms with van der Waals surface area (Å²) < 4.78 is 13.6. The van der Waals surface area contributed by atoms with Gasteiger partial charge in [-0.3, -0.25) is 9.47 Å². The van der Waals surface area contributed by atoms with Gasteiger partial charge in [0.15, 0.2) is 17.0 Å². The Balaban J connectivity index is 1.26. The number of aliphatic hydroxyl groups excluding tert-OH is 1. The lowest BCUT2D eigenvalue weighted by atomic mass is 10.0. The lowest BCUT2D eigenvalue weighted by Crippen LogP contribution is -2.46. The molecule has 0 bridgehead atoms. The van der Waals surface area contributed by atoms with Crippen molar-refractivity contribution in [3.8, 4) is 0 Å². The van der Waals surface area contributed by atoms with Crippen molar-refractivity contribution in [3.05, 3.63) is 84.8 Å². The molecule has 2 N–H and O–H groups in total. The predicted octanol–water partition coefficient (Wildman–Crippen LogP) is 3.58. The fraction of sp³-hybridized carbons (Fsp3) is 0.269. The second kappa shape index (κ2) is 9.46. The van der Waals surface area contributed by atoms with Crippen LogP contribution in [0.3, 0.4) is 0 Å². The van der Waals surface area contributed by atoms with Gasteiger partial charge in [-0.2, -0.15) is 0 Å². The Kier molecular flexibility index (Phi) is 5.87. The normalized spacial score (nSPS) is 18.9. The molecule has 3 aromatic heterocycles. The molecule has 4 heterocycles. The summed E-state index contributed by atoms with van der Waals surface area (Å²) in [4.78, 5) is 15.8. The van der Waals surface area contributed by atoms with Crippen LogP contribution >= 0.6 is 0 Å². The molecule has 6 rings (SSSR count). The van der Waals surface area contributed by atoms with Gasteiger partial charge in [0.25, 0.3) is 0 Å². The van der Waals surface area contributed by atoms with E-state index >= 15 is 0 Å². The van der Waals surface area contributed by atoms with Crippen molar-refractivity contribution in [3.63, 3.8) is 0 Å². The number of morpholine rings is 1. The first-order chi connectivity index (χ1) is 17.3. The van der Waals surface area contributed by atoms with E-state index in [4.69, 9.17) is 9.15 Å². The maximum atomic E-state index is 9.96. The Morgan fingerprint density at radius 3 is 2.80 bits per heavy atom. The molecule has 2 aromatic carbocycles. The van der Waals surface area contributed by atoms with Gasteiger partial charge in [0, 0.05) is 19.6 Å². The summed E-state index contributed by atoms with van der Waals surface area (Å²) in [5.41, 5.74) is 2.59. The van der Waals surface area contributed by atoms with E-state index in [-0.39, 0.29) is 18.9 Å². The quantitative estimate of drug-likeness (QED) is 0.372. The van der Waals surface area contributed by atoms with Gasteiger partial charge in [-0.1, -0.05) is 42.5 Å². The summed E-state index contributed by atoms with van der Waals surface area (Å²) in [6.45, 7) is 2.49. The van der Waals surface area contributed by atoms with Crippen molar-refractivity contribution in [2.75, 3.05) is 25.0 Å². The number of aromatic nitrogens is 4. The van der Waals surface area contributed by atoms with Crippen LogP contribution in [-0.2, 0) is 17.8 Å². The van der Waals surface area contributed by atoms with Crippen LogP contribution in [0.5, 0.6) is 0 Å². The first kappa shape index (κ1) is 21.7. The van der Waals surface area contributed by atoms with E-state index < -0.39 is 0 Å². The zero-order chi connectivity index (χ0) is 23.6. The second-order valence-corrected chi connectivity index (χ2v) is 8.71. The number of imidazole rings is 1. The summed E-state index contributed by atoms with van der Waals surface area (Å²) >= 11 is 0. The van der Waals surface area contributed by atoms with Gasteiger partial charge in [0.05, 0.1) is 31.8 Å². The number of fused-ring (bicyclic) bond motifs is 2. The third-order valence-electron chi connectivity index (χ3n) is 6.38. The van der Waals surface area contributed by atoms with E-state index in [9.17, 15) is 5.11 Å². The highest BCUT2D eigenvalue weighted by atomic mass is 16.5. The number of furan rings is 1. The highest BCUT2D eigenvalue weighted by Crippen LogP contribution is 2.28. The third-order valence-corrected chi connectivity index (χ3v) is 6.38. The topological polar surface area (TPSA) is 101 Å². The van der Waals surface area contributed by atoms with E-state index in [1.807, 2.05) is 16.7 Å². The number of anilines is 1. The molecule has 0 spiro atoms. The van der Waals surface area contributed by atoms with Crippen molar-refractivity contribution in [1.29, 1.82) is 0 Å². The van der Waals surface area contributed by atoms with Crippen molar-refractivity contribution < 1.29 is 14.3 Å². The van der Waals surface area contributed by atoms with Crippen molar-refractivity contribution in [2.24, 2.45) is 0 Å². The van der Waals surface area contributed by atoms with E-state index in [0.717, 1.165) is 12.3 Å². The zero-order valence-electron chi connectivity index (χ0n) is 19.1. The fourth-order valence-electron chi connectivity index (χ4n) is 4.72. The standard InChI is InChI=1S/C26H26N6O3/c33-15-21-13-31(12-19-7-3-6-18-5-1-2-9-22(18)19)14-23(35-21)32-17-30-24-25(28-16-29-26(24)32)27-11-20-8-4-10-34-20/h1-10,16-17,21,23,33H,11-15H2,(H,27,28,29)/t21-,23+/m0/s1. The number of benzene rings is 2. The molecule has 0 aliphatic carbocycles. The zero-order valence-corrected chi connectivity index (χ0v) is 19.1. The molecule has 1 fully saturated rings. The van der Waals surface area contributed by atoms with Gasteiger partial charge in [-0.15, -0.1) is 0 Å². The van der Waals surface area contributed by atoms with Crippen LogP contribution in [0.25, 0.3) is 21.9 Å². The van der Waals surface area contributed by atoms with E-state index in [1.165, 1.54) is 22.7 Å². The van der Waals surface area contributed by atoms with Crippen LogP contribution in [0.15, 0.2) is 77.9 Å². The summed E-state index contributed by atoms with van der Waals surface area (Å²) in [6, 6.07) is 18.6. The molecule has 1 aliphatic rings. The van der Waals surface area contributed by atoms with E-state index in [1.54, 1.807) is 12.6 Å². The summed E-state index contributed by atoms with van der Waals surface area (Å²) in [5, 5.41) is 15.7. The van der Waals surface area contributed by atoms with Gasteiger partial charge in [-0.05, 0) is 28.5 Å². The highest BCUT2D eigenvalue weighted by Gasteiger charge is 2.30. The maximum Gasteiger partial charge on any atom is 0.167 e. The molecule has 0 amide bonds. The minimum atomic E-state index is -0.339. The van der Waals surface area contributed by atoms with Crippen LogP contribution < -0.4 is 5.32 Å². The average Bonchev–Trinajstić information content (AvgIpc) is 3.58. The van der Waals surface area contributed by atoms with Gasteiger partial charge in [-0.25, -0.2) is 15.0 Å². The molecule has 0 saturated carbocycles. The summed E-state index contributed by atoms with van der Waals surface area (Å²) in [6.07, 6.45) is 4.25. The molecule has 178 valence electrons. The van der Waals surface area contributed by atoms with Crippen LogP contribution in [0.1, 0.15) is 17.6 Å². The molecule has 9 nitrogen and oxygen atoms in total. The highest BCUT2D eigenvalue weighted by molar-refractivity contribution is 5.85. The lowest BCUT2D eigenvalue weighted by molar-refractivity contribution is -0.135. The van der Waals surface area contributed by atoms with Gasteiger partial charge >= 0.3 is 0 Å². The number of hydrogen-bond donors (Lipinski definition) is 2. The van der Waals surface area contributed by atoms with E-state index in [0.29, 0.717) is 36.6 Å². The molecular weight excluding hydrogens is 444 g/mol. The Morgan fingerprint density at radius 2 is 1.91 bits per heavy atom. The van der Waals surface area contributed by atoms with E-state index in [2.05, 4.69) is 67.6 Å². The van der Waals surface area contributed by atoms with Gasteiger partial charge in [0.2, 0.25) is 0 Å². The molecule has 0 radical (unpaired) electrons. The maximum absolute atomic E-state index is 9.96. The van der Waals surface area contributed by atoms with Gasteiger partial charge in [0.1, 0.15) is 18.3 Å². The molecule has 5 aromatic rings. The number of hydrogen-bond acceptors (Lipinski definition) is 8. The molecule has 2 atom stereocenters. The minimum absolute atomic E-state index is 0.0555. The molecule has 0 unspecified atom stereocenters. The van der Waals surface area contributed by atoms with Crippen molar-refractivity contribution in [1.82, 2.24) is 24.4 Å². The smallest absolute Gasteiger partial charge is 0.167 e. The monoisotopic (exact) mass is 470 g/mol. The largest absolute Gasteiger partial charge is 0.467 e. The number of ether oxygens (including phenoxy) is 1. The second-order valence-electron chi connectivity index (χ2n) is 8.71. The first-order valence-corrected chi connectivity index (χ1v) is 11.7. The number of rotatable bonds is 7. The minimum Gasteiger partial charge on any atom is -0.467 e. The Bertz CT molecular complexity index is 1430. The molecule has 35 heavy (non-hydrogen) atoms. The van der Waals surface area contributed by atoms with Crippen molar-refractivity contribution >= 4 is 27.8 Å². The summed E-state index contributed by atoms with van der Waals surface area (Å²) in [7, 11) is 0. The SMILES string of the molecule is OC[C@@H]1CN(Cc2cccc3ccccc23)C[C@H](n2cnc3c(NCc4ccco4)ncnc32)O1. The predicted molar refractivity (Wildman–Crippen MR) is 132 cm³/mol. The molecular formula is C26H26N6O3. The number of nitrogens with zero attached hydrogens (tertiary/aromatic N) is 5. The molecule has 1 saturated heterocycles. The summed E-state index contributed by atoms with van der Waals surface area (Å²) in [5.74, 6) is 1.44. The fourth-order valence-corrected chi connectivity index (χ4v) is 4.72. The Hall–Kier alpha value is -3.79. The Morgan fingerprint density at radius 1 is 1.00 bits per heavy atom. The Labute approximate surface area is 202 Å². The average molecular weight is 471 g/mol. The van der Waals surface area contributed by atoms with Crippen LogP contribution in [0.4, 0.5) is 5.82 Å². The van der Waals surface area contributed by atoms with Crippen molar-refractivity contribution in [2.45, 2.75) is 25.4 Å². The number of nitrogens with one attached hydrogen (secondary N) is 1. The first-order valence-electron chi connectivity index (χ1n) is 11.7. The van der Waals surface area contributed by atoms with Gasteiger partial charge < -0.3 is 19.6 Å². The molecule has 1 aliphatic heterocycles.